The van der Waals surface area contributed by atoms with Crippen LogP contribution in [0.3, 0.4) is 0 Å². The number of rotatable bonds is 3. The van der Waals surface area contributed by atoms with Crippen molar-refractivity contribution in [1.29, 1.82) is 0 Å². The van der Waals surface area contributed by atoms with Crippen LogP contribution in [0.15, 0.2) is 150 Å². The third-order valence-electron chi connectivity index (χ3n) is 7.63. The molecule has 0 saturated heterocycles. The monoisotopic (exact) mass is 757 g/mol. The summed E-state index contributed by atoms with van der Waals surface area (Å²) in [6, 6.07) is 50.9. The summed E-state index contributed by atoms with van der Waals surface area (Å²) >= 11 is 0. The molecule has 0 aliphatic heterocycles. The van der Waals surface area contributed by atoms with Crippen LogP contribution in [-0.4, -0.2) is 19.5 Å². The van der Waals surface area contributed by atoms with Crippen molar-refractivity contribution in [3.8, 4) is 28.3 Å². The van der Waals surface area contributed by atoms with Crippen LogP contribution in [0.1, 0.15) is 0 Å². The summed E-state index contributed by atoms with van der Waals surface area (Å²) in [4.78, 5) is 13.9. The molecule has 9 rings (SSSR count). The molecule has 9 aromatic rings. The number of hydrogen-bond acceptors (Lipinski definition) is 4. The first-order valence-corrected chi connectivity index (χ1v) is 14.4. The molecule has 1 radical (unpaired) electrons. The van der Waals surface area contributed by atoms with Gasteiger partial charge in [-0.05, 0) is 30.0 Å². The van der Waals surface area contributed by atoms with Gasteiger partial charge in [0.1, 0.15) is 5.58 Å². The van der Waals surface area contributed by atoms with Crippen LogP contribution in [0.2, 0.25) is 0 Å². The fraction of sp³-hybridized carbons (Fsp3) is 0. The van der Waals surface area contributed by atoms with E-state index in [9.17, 15) is 0 Å². The Kier molecular flexibility index (Phi) is 7.74. The van der Waals surface area contributed by atoms with Gasteiger partial charge in [-0.25, -0.2) is 4.98 Å². The Morgan fingerprint density at radius 2 is 1.40 bits per heavy atom. The SMILES string of the molecule is [Ir].[c-]1ccc2c(oc3ccccc32)c1-c1nc2ncc3ccccc3c2n1-c1ccccc1.[c-]1ccccc1-c1ccccn1. The number of furan rings is 1. The molecule has 6 heteroatoms. The van der Waals surface area contributed by atoms with E-state index in [4.69, 9.17) is 9.40 Å². The minimum absolute atomic E-state index is 0. The summed E-state index contributed by atoms with van der Waals surface area (Å²) in [5, 5.41) is 4.33. The maximum absolute atomic E-state index is 6.31. The van der Waals surface area contributed by atoms with Crippen LogP contribution in [-0.2, 0) is 20.1 Å². The Labute approximate surface area is 273 Å². The van der Waals surface area contributed by atoms with Gasteiger partial charge < -0.3 is 14.0 Å². The Bertz CT molecular complexity index is 2350. The predicted octanol–water partition coefficient (Wildman–Crippen LogP) is 9.49. The molecule has 0 N–H and O–H groups in total. The summed E-state index contributed by atoms with van der Waals surface area (Å²) in [7, 11) is 0. The third-order valence-corrected chi connectivity index (χ3v) is 7.63. The molecule has 0 atom stereocenters. The number of pyridine rings is 2. The van der Waals surface area contributed by atoms with Crippen LogP contribution < -0.4 is 0 Å². The molecule has 45 heavy (non-hydrogen) atoms. The van der Waals surface area contributed by atoms with Gasteiger partial charge >= 0.3 is 0 Å². The molecule has 0 fully saturated rings. The zero-order valence-electron chi connectivity index (χ0n) is 23.9. The van der Waals surface area contributed by atoms with Gasteiger partial charge in [0.05, 0.1) is 16.9 Å². The number of fused-ring (bicyclic) bond motifs is 6. The van der Waals surface area contributed by atoms with Gasteiger partial charge in [-0.1, -0.05) is 83.7 Å². The van der Waals surface area contributed by atoms with Crippen LogP contribution >= 0.6 is 0 Å². The summed E-state index contributed by atoms with van der Waals surface area (Å²) in [6.07, 6.45) is 3.67. The second-order valence-corrected chi connectivity index (χ2v) is 10.3. The molecule has 217 valence electrons. The van der Waals surface area contributed by atoms with E-state index in [1.165, 1.54) is 0 Å². The molecule has 5 aromatic carbocycles. The molecule has 0 aliphatic rings. The van der Waals surface area contributed by atoms with Crippen molar-refractivity contribution in [3.63, 3.8) is 0 Å². The second-order valence-electron chi connectivity index (χ2n) is 10.3. The molecule has 0 unspecified atom stereocenters. The van der Waals surface area contributed by atoms with E-state index in [-0.39, 0.29) is 20.1 Å². The van der Waals surface area contributed by atoms with Gasteiger partial charge in [-0.3, -0.25) is 4.98 Å². The predicted molar refractivity (Wildman–Crippen MR) is 176 cm³/mol. The van der Waals surface area contributed by atoms with Crippen LogP contribution in [0.5, 0.6) is 0 Å². The minimum atomic E-state index is 0. The Morgan fingerprint density at radius 3 is 2.22 bits per heavy atom. The molecular formula is C39H24IrN4O-2. The molecule has 5 nitrogen and oxygen atoms in total. The van der Waals surface area contributed by atoms with Crippen molar-refractivity contribution < 1.29 is 24.5 Å². The standard InChI is InChI=1S/C28H16N3O.C11H8N.Ir/c1-2-10-19(11-3-1)31-25-20-12-5-4-9-18(20)17-29-27(25)30-28(31)23-15-8-14-22-21-13-6-7-16-24(21)32-26(22)23;1-2-6-10(7-3-1)11-8-4-5-9-12-11;/h1-14,16-17H;1-6,8-9H;/q2*-1;. The van der Waals surface area contributed by atoms with Gasteiger partial charge in [0.15, 0.2) is 5.65 Å². The topological polar surface area (TPSA) is 56.7 Å². The molecule has 0 aliphatic carbocycles. The number of benzene rings is 5. The zero-order chi connectivity index (χ0) is 29.3. The van der Waals surface area contributed by atoms with E-state index in [1.54, 1.807) is 6.20 Å². The van der Waals surface area contributed by atoms with Gasteiger partial charge in [0.25, 0.3) is 0 Å². The first-order valence-electron chi connectivity index (χ1n) is 14.4. The number of aromatic nitrogens is 4. The van der Waals surface area contributed by atoms with E-state index in [0.29, 0.717) is 5.65 Å². The fourth-order valence-corrected chi connectivity index (χ4v) is 5.62. The molecule has 0 spiro atoms. The largest absolute Gasteiger partial charge is 0.501 e. The average molecular weight is 757 g/mol. The first-order chi connectivity index (χ1) is 21.8. The van der Waals surface area contributed by atoms with E-state index in [2.05, 4.69) is 63.1 Å². The van der Waals surface area contributed by atoms with Crippen LogP contribution in [0.25, 0.3) is 72.2 Å². The van der Waals surface area contributed by atoms with Crippen LogP contribution in [0.4, 0.5) is 0 Å². The zero-order valence-corrected chi connectivity index (χ0v) is 26.3. The van der Waals surface area contributed by atoms with Gasteiger partial charge in [0, 0.05) is 54.3 Å². The number of hydrogen-bond donors (Lipinski definition) is 0. The Hall–Kier alpha value is -5.42. The Balaban J connectivity index is 0.000000211. The third kappa shape index (κ3) is 5.21. The maximum Gasteiger partial charge on any atom is 0.169 e. The summed E-state index contributed by atoms with van der Waals surface area (Å²) in [5.74, 6) is 0.764. The van der Waals surface area contributed by atoms with Crippen molar-refractivity contribution in [1.82, 2.24) is 19.5 Å². The van der Waals surface area contributed by atoms with Gasteiger partial charge in [-0.15, -0.1) is 54.1 Å². The van der Waals surface area contributed by atoms with Crippen molar-refractivity contribution in [2.75, 3.05) is 0 Å². The molecule has 0 bridgehead atoms. The molecule has 0 amide bonds. The summed E-state index contributed by atoms with van der Waals surface area (Å²) in [5.41, 5.74) is 7.17. The average Bonchev–Trinajstić information content (AvgIpc) is 3.69. The number of para-hydroxylation sites is 2. The summed E-state index contributed by atoms with van der Waals surface area (Å²) < 4.78 is 8.48. The van der Waals surface area contributed by atoms with E-state index in [0.717, 1.165) is 66.6 Å². The van der Waals surface area contributed by atoms with Crippen molar-refractivity contribution in [3.05, 3.63) is 158 Å². The van der Waals surface area contributed by atoms with Crippen LogP contribution in [0, 0.1) is 12.1 Å². The molecular weight excluding hydrogens is 733 g/mol. The van der Waals surface area contributed by atoms with E-state index in [1.807, 2.05) is 103 Å². The van der Waals surface area contributed by atoms with E-state index < -0.39 is 0 Å². The molecule has 0 saturated carbocycles. The second kappa shape index (κ2) is 12.3. The summed E-state index contributed by atoms with van der Waals surface area (Å²) in [6.45, 7) is 0. The van der Waals surface area contributed by atoms with Crippen molar-refractivity contribution in [2.24, 2.45) is 0 Å². The van der Waals surface area contributed by atoms with Gasteiger partial charge in [-0.2, -0.15) is 0 Å². The minimum Gasteiger partial charge on any atom is -0.501 e. The van der Waals surface area contributed by atoms with Gasteiger partial charge in [0.2, 0.25) is 0 Å². The maximum atomic E-state index is 6.31. The normalized spacial score (nSPS) is 10.9. The Morgan fingerprint density at radius 1 is 0.622 bits per heavy atom. The smallest absolute Gasteiger partial charge is 0.169 e. The van der Waals surface area contributed by atoms with Crippen molar-refractivity contribution >= 4 is 43.9 Å². The molecule has 4 aromatic heterocycles. The number of nitrogens with zero attached hydrogens (tertiary/aromatic N) is 4. The fourth-order valence-electron chi connectivity index (χ4n) is 5.62. The van der Waals surface area contributed by atoms with E-state index >= 15 is 0 Å². The quantitative estimate of drug-likeness (QED) is 0.169. The molecule has 4 heterocycles. The first kappa shape index (κ1) is 28.4. The number of imidazole rings is 1. The van der Waals surface area contributed by atoms with Crippen molar-refractivity contribution in [2.45, 2.75) is 0 Å².